The molecule has 0 fully saturated rings. The molecule has 1 heterocycles. The fourth-order valence-corrected chi connectivity index (χ4v) is 3.28. The van der Waals surface area contributed by atoms with Gasteiger partial charge in [0.25, 0.3) is 10.0 Å². The zero-order valence-corrected chi connectivity index (χ0v) is 12.9. The Morgan fingerprint density at radius 3 is 2.29 bits per heavy atom. The van der Waals surface area contributed by atoms with E-state index < -0.39 is 32.4 Å². The molecule has 1 aromatic heterocycles. The van der Waals surface area contributed by atoms with Gasteiger partial charge in [0, 0.05) is 18.1 Å². The van der Waals surface area contributed by atoms with Crippen molar-refractivity contribution in [2.24, 2.45) is 0 Å². The normalized spacial score (nSPS) is 11.5. The Morgan fingerprint density at radius 2 is 1.58 bits per heavy atom. The smallest absolute Gasteiger partial charge is 0.264 e. The first-order valence-electron chi connectivity index (χ1n) is 6.78. The number of hydrogen-bond acceptors (Lipinski definition) is 2. The summed E-state index contributed by atoms with van der Waals surface area (Å²) in [4.78, 5) is -0.965. The van der Waals surface area contributed by atoms with Crippen molar-refractivity contribution in [2.75, 3.05) is 4.72 Å². The second-order valence-electron chi connectivity index (χ2n) is 4.92. The van der Waals surface area contributed by atoms with Crippen LogP contribution in [-0.2, 0) is 10.0 Å². The minimum absolute atomic E-state index is 0.158. The predicted molar refractivity (Wildman–Crippen MR) is 82.9 cm³/mol. The predicted octanol–water partition coefficient (Wildman–Crippen LogP) is 3.70. The minimum Gasteiger partial charge on any atom is -0.324 e. The number of benzene rings is 2. The zero-order valence-electron chi connectivity index (χ0n) is 12.1. The average Bonchev–Trinajstić information content (AvgIpc) is 3.06. The fraction of sp³-hybridized carbons (Fsp3) is 0. The van der Waals surface area contributed by atoms with Crippen molar-refractivity contribution in [3.8, 4) is 5.69 Å². The lowest BCUT2D eigenvalue weighted by atomic mass is 10.3. The summed E-state index contributed by atoms with van der Waals surface area (Å²) in [5.41, 5.74) is 0.830. The molecule has 8 heteroatoms. The molecule has 0 amide bonds. The maximum absolute atomic E-state index is 13.7. The number of aromatic nitrogens is 1. The van der Waals surface area contributed by atoms with Crippen molar-refractivity contribution in [1.29, 1.82) is 0 Å². The Morgan fingerprint density at radius 1 is 0.875 bits per heavy atom. The Kier molecular flexibility index (Phi) is 4.06. The van der Waals surface area contributed by atoms with Gasteiger partial charge < -0.3 is 4.57 Å². The number of halogens is 3. The molecule has 0 spiro atoms. The van der Waals surface area contributed by atoms with Crippen molar-refractivity contribution in [1.82, 2.24) is 4.57 Å². The van der Waals surface area contributed by atoms with E-state index in [-0.39, 0.29) is 5.69 Å². The molecule has 2 aromatic carbocycles. The molecule has 0 saturated heterocycles. The molecule has 3 rings (SSSR count). The highest BCUT2D eigenvalue weighted by Gasteiger charge is 2.24. The van der Waals surface area contributed by atoms with Gasteiger partial charge in [0.2, 0.25) is 0 Å². The van der Waals surface area contributed by atoms with Crippen LogP contribution in [0.5, 0.6) is 0 Å². The summed E-state index contributed by atoms with van der Waals surface area (Å²) in [7, 11) is -4.41. The SMILES string of the molecule is O=S(=O)(Nc1cccc(-n2cccc2)c1)c1ccc(F)c(F)c1F. The van der Waals surface area contributed by atoms with Gasteiger partial charge in [0.15, 0.2) is 17.5 Å². The topological polar surface area (TPSA) is 51.1 Å². The standard InChI is InChI=1S/C16H11F3N2O2S/c17-13-6-7-14(16(19)15(13)18)24(22,23)20-11-4-3-5-12(10-11)21-8-1-2-9-21/h1-10,20H. The molecule has 124 valence electrons. The molecule has 0 atom stereocenters. The molecule has 0 aliphatic rings. The van der Waals surface area contributed by atoms with E-state index in [0.717, 1.165) is 0 Å². The first-order chi connectivity index (χ1) is 11.4. The van der Waals surface area contributed by atoms with Gasteiger partial charge in [0.1, 0.15) is 4.90 Å². The lowest BCUT2D eigenvalue weighted by Gasteiger charge is -2.11. The number of nitrogens with one attached hydrogen (secondary N) is 1. The van der Waals surface area contributed by atoms with E-state index in [1.54, 1.807) is 41.2 Å². The van der Waals surface area contributed by atoms with E-state index in [4.69, 9.17) is 0 Å². The lowest BCUT2D eigenvalue weighted by Crippen LogP contribution is -2.16. The van der Waals surface area contributed by atoms with Gasteiger partial charge in [-0.2, -0.15) is 0 Å². The van der Waals surface area contributed by atoms with Crippen LogP contribution in [0.1, 0.15) is 0 Å². The molecule has 3 aromatic rings. The van der Waals surface area contributed by atoms with Crippen LogP contribution in [0.25, 0.3) is 5.69 Å². The molecule has 0 saturated carbocycles. The summed E-state index contributed by atoms with van der Waals surface area (Å²) in [6.07, 6.45) is 3.53. The Labute approximate surface area is 136 Å². The first kappa shape index (κ1) is 16.1. The summed E-state index contributed by atoms with van der Waals surface area (Å²) in [5, 5.41) is 0. The zero-order chi connectivity index (χ0) is 17.3. The minimum atomic E-state index is -4.41. The van der Waals surface area contributed by atoms with Crippen LogP contribution >= 0.6 is 0 Å². The van der Waals surface area contributed by atoms with E-state index in [2.05, 4.69) is 4.72 Å². The van der Waals surface area contributed by atoms with Gasteiger partial charge in [-0.25, -0.2) is 21.6 Å². The molecule has 24 heavy (non-hydrogen) atoms. The van der Waals surface area contributed by atoms with E-state index in [0.29, 0.717) is 17.8 Å². The molecule has 0 radical (unpaired) electrons. The first-order valence-corrected chi connectivity index (χ1v) is 8.26. The summed E-state index contributed by atoms with van der Waals surface area (Å²) in [6.45, 7) is 0. The van der Waals surface area contributed by atoms with Crippen LogP contribution in [0, 0.1) is 17.5 Å². The van der Waals surface area contributed by atoms with Crippen LogP contribution in [-0.4, -0.2) is 13.0 Å². The molecule has 0 bridgehead atoms. The highest BCUT2D eigenvalue weighted by molar-refractivity contribution is 7.92. The Bertz CT molecular complexity index is 987. The second kappa shape index (κ2) is 6.04. The summed E-state index contributed by atoms with van der Waals surface area (Å²) in [5.74, 6) is -5.05. The second-order valence-corrected chi connectivity index (χ2v) is 6.57. The van der Waals surface area contributed by atoms with Crippen LogP contribution in [0.4, 0.5) is 18.9 Å². The average molecular weight is 352 g/mol. The van der Waals surface area contributed by atoms with E-state index in [1.165, 1.54) is 12.1 Å². The lowest BCUT2D eigenvalue weighted by molar-refractivity contribution is 0.432. The number of sulfonamides is 1. The van der Waals surface area contributed by atoms with Crippen molar-refractivity contribution in [3.63, 3.8) is 0 Å². The molecule has 0 unspecified atom stereocenters. The summed E-state index contributed by atoms with van der Waals surface area (Å²) >= 11 is 0. The fourth-order valence-electron chi connectivity index (χ4n) is 2.16. The highest BCUT2D eigenvalue weighted by atomic mass is 32.2. The molecular weight excluding hydrogens is 341 g/mol. The Hall–Kier alpha value is -2.74. The maximum Gasteiger partial charge on any atom is 0.264 e. The number of anilines is 1. The third-order valence-electron chi connectivity index (χ3n) is 3.29. The van der Waals surface area contributed by atoms with Crippen LogP contribution in [0.3, 0.4) is 0 Å². The Balaban J connectivity index is 1.96. The molecular formula is C16H11F3N2O2S. The van der Waals surface area contributed by atoms with Gasteiger partial charge in [-0.3, -0.25) is 4.72 Å². The third kappa shape index (κ3) is 3.00. The summed E-state index contributed by atoms with van der Waals surface area (Å²) < 4.78 is 68.3. The number of hydrogen-bond donors (Lipinski definition) is 1. The van der Waals surface area contributed by atoms with Crippen LogP contribution in [0.2, 0.25) is 0 Å². The van der Waals surface area contributed by atoms with E-state index >= 15 is 0 Å². The van der Waals surface area contributed by atoms with Crippen LogP contribution in [0.15, 0.2) is 65.8 Å². The number of nitrogens with zero attached hydrogens (tertiary/aromatic N) is 1. The van der Waals surface area contributed by atoms with Crippen molar-refractivity contribution < 1.29 is 21.6 Å². The van der Waals surface area contributed by atoms with E-state index in [1.807, 2.05) is 0 Å². The van der Waals surface area contributed by atoms with Crippen LogP contribution < -0.4 is 4.72 Å². The molecule has 0 aliphatic heterocycles. The van der Waals surface area contributed by atoms with E-state index in [9.17, 15) is 21.6 Å². The monoisotopic (exact) mass is 352 g/mol. The quantitative estimate of drug-likeness (QED) is 0.728. The number of rotatable bonds is 4. The molecule has 1 N–H and O–H groups in total. The van der Waals surface area contributed by atoms with Gasteiger partial charge in [0.05, 0.1) is 5.69 Å². The third-order valence-corrected chi connectivity index (χ3v) is 4.69. The van der Waals surface area contributed by atoms with Crippen molar-refractivity contribution in [2.45, 2.75) is 4.90 Å². The maximum atomic E-state index is 13.7. The van der Waals surface area contributed by atoms with Gasteiger partial charge in [-0.05, 0) is 42.5 Å². The van der Waals surface area contributed by atoms with Crippen molar-refractivity contribution >= 4 is 15.7 Å². The van der Waals surface area contributed by atoms with Gasteiger partial charge >= 0.3 is 0 Å². The largest absolute Gasteiger partial charge is 0.324 e. The molecule has 0 aliphatic carbocycles. The van der Waals surface area contributed by atoms with Crippen molar-refractivity contribution in [3.05, 3.63) is 78.4 Å². The molecule has 4 nitrogen and oxygen atoms in total. The van der Waals surface area contributed by atoms with Gasteiger partial charge in [-0.15, -0.1) is 0 Å². The van der Waals surface area contributed by atoms with Gasteiger partial charge in [-0.1, -0.05) is 6.07 Å². The summed E-state index contributed by atoms with van der Waals surface area (Å²) in [6, 6.07) is 11.2. The highest BCUT2D eigenvalue weighted by Crippen LogP contribution is 2.23.